The number of carboxylic acids is 1. The van der Waals surface area contributed by atoms with Gasteiger partial charge in [-0.25, -0.2) is 4.98 Å². The quantitative estimate of drug-likeness (QED) is 0.453. The highest BCUT2D eigenvalue weighted by Crippen LogP contribution is 2.33. The van der Waals surface area contributed by atoms with E-state index in [1.54, 1.807) is 66.7 Å². The van der Waals surface area contributed by atoms with E-state index in [-0.39, 0.29) is 12.0 Å². The fraction of sp³-hybridized carbons (Fsp3) is 0.0909. The number of carboxylic acid groups (broad SMARTS) is 1. The van der Waals surface area contributed by atoms with Gasteiger partial charge in [-0.2, -0.15) is 4.98 Å². The lowest BCUT2D eigenvalue weighted by Gasteiger charge is -2.20. The number of hydrogen-bond acceptors (Lipinski definition) is 5. The average Bonchev–Trinajstić information content (AvgIpc) is 2.73. The molecule has 2 aromatic heterocycles. The molecule has 0 unspecified atom stereocenters. The zero-order chi connectivity index (χ0) is 22.1. The molecule has 0 aliphatic carbocycles. The van der Waals surface area contributed by atoms with Gasteiger partial charge in [0.1, 0.15) is 5.65 Å². The minimum Gasteiger partial charge on any atom is -0.481 e. The number of pyridine rings is 1. The lowest BCUT2D eigenvalue weighted by atomic mass is 10.1. The zero-order valence-corrected chi connectivity index (χ0v) is 17.8. The molecule has 0 atom stereocenters. The monoisotopic (exact) mass is 454 g/mol. The molecule has 0 aliphatic rings. The number of para-hydroxylation sites is 1. The summed E-state index contributed by atoms with van der Waals surface area (Å²) in [7, 11) is 1.73. The number of nitrogens with zero attached hydrogens (tertiary/aromatic N) is 3. The van der Waals surface area contributed by atoms with Crippen molar-refractivity contribution in [2.75, 3.05) is 11.9 Å². The maximum Gasteiger partial charge on any atom is 0.307 e. The van der Waals surface area contributed by atoms with E-state index in [1.165, 1.54) is 0 Å². The highest BCUT2D eigenvalue weighted by molar-refractivity contribution is 6.39. The second-order valence-electron chi connectivity index (χ2n) is 6.84. The SMILES string of the molecule is CN(c1ncc2cc(-c3c(Cl)cccc3Cl)c(=O)[nH]c2n1)c1ccccc1CC(=O)O. The van der Waals surface area contributed by atoms with Crippen molar-refractivity contribution in [1.29, 1.82) is 0 Å². The van der Waals surface area contributed by atoms with E-state index in [2.05, 4.69) is 15.0 Å². The van der Waals surface area contributed by atoms with Crippen LogP contribution in [0.1, 0.15) is 5.56 Å². The van der Waals surface area contributed by atoms with E-state index < -0.39 is 5.97 Å². The Morgan fingerprint density at radius 3 is 2.55 bits per heavy atom. The summed E-state index contributed by atoms with van der Waals surface area (Å²) in [5.41, 5.74) is 1.99. The van der Waals surface area contributed by atoms with Crippen molar-refractivity contribution in [3.63, 3.8) is 0 Å². The number of benzene rings is 2. The fourth-order valence-electron chi connectivity index (χ4n) is 3.34. The molecule has 0 spiro atoms. The van der Waals surface area contributed by atoms with Crippen LogP contribution >= 0.6 is 23.2 Å². The van der Waals surface area contributed by atoms with Gasteiger partial charge in [0.25, 0.3) is 5.56 Å². The fourth-order valence-corrected chi connectivity index (χ4v) is 3.95. The first-order valence-corrected chi connectivity index (χ1v) is 9.98. The predicted molar refractivity (Wildman–Crippen MR) is 121 cm³/mol. The van der Waals surface area contributed by atoms with Crippen LogP contribution in [-0.2, 0) is 11.2 Å². The summed E-state index contributed by atoms with van der Waals surface area (Å²) in [6.07, 6.45) is 1.45. The number of fused-ring (bicyclic) bond motifs is 1. The molecule has 2 N–H and O–H groups in total. The standard InChI is InChI=1S/C22H16Cl2N4O3/c1-28(17-8-3-2-5-12(17)10-18(29)30)22-25-11-13-9-14(21(31)26-20(13)27-22)19-15(23)6-4-7-16(19)24/h2-9,11H,10H2,1H3,(H,29,30)(H,25,26,27,31). The summed E-state index contributed by atoms with van der Waals surface area (Å²) in [5, 5.41) is 10.5. The summed E-state index contributed by atoms with van der Waals surface area (Å²) >= 11 is 12.5. The smallest absolute Gasteiger partial charge is 0.307 e. The molecule has 9 heteroatoms. The van der Waals surface area contributed by atoms with Gasteiger partial charge in [-0.3, -0.25) is 9.59 Å². The van der Waals surface area contributed by atoms with E-state index in [0.717, 1.165) is 0 Å². The third-order valence-corrected chi connectivity index (χ3v) is 5.44. The Kier molecular flexibility index (Phi) is 5.63. The molecule has 2 aromatic carbocycles. The molecule has 0 amide bonds. The molecule has 156 valence electrons. The number of rotatable bonds is 5. The average molecular weight is 455 g/mol. The van der Waals surface area contributed by atoms with Crippen LogP contribution in [0.3, 0.4) is 0 Å². The highest BCUT2D eigenvalue weighted by atomic mass is 35.5. The van der Waals surface area contributed by atoms with E-state index in [0.29, 0.717) is 49.4 Å². The maximum absolute atomic E-state index is 12.8. The van der Waals surface area contributed by atoms with E-state index in [9.17, 15) is 9.59 Å². The van der Waals surface area contributed by atoms with Crippen molar-refractivity contribution in [2.45, 2.75) is 6.42 Å². The lowest BCUT2D eigenvalue weighted by molar-refractivity contribution is -0.136. The molecule has 4 rings (SSSR count). The van der Waals surface area contributed by atoms with Crippen molar-refractivity contribution in [3.8, 4) is 11.1 Å². The van der Waals surface area contributed by atoms with Gasteiger partial charge in [0.2, 0.25) is 5.95 Å². The number of nitrogens with one attached hydrogen (secondary N) is 1. The van der Waals surface area contributed by atoms with Crippen LogP contribution in [-0.4, -0.2) is 33.1 Å². The molecule has 0 saturated carbocycles. The molecule has 31 heavy (non-hydrogen) atoms. The van der Waals surface area contributed by atoms with Gasteiger partial charge in [-0.05, 0) is 29.8 Å². The van der Waals surface area contributed by atoms with Gasteiger partial charge in [-0.15, -0.1) is 0 Å². The van der Waals surface area contributed by atoms with Gasteiger partial charge in [0.15, 0.2) is 0 Å². The number of aromatic amines is 1. The number of carbonyl (C=O) groups is 1. The minimum atomic E-state index is -0.935. The second-order valence-corrected chi connectivity index (χ2v) is 7.66. The van der Waals surface area contributed by atoms with Crippen LogP contribution in [0, 0.1) is 0 Å². The Labute approximate surface area is 186 Å². The van der Waals surface area contributed by atoms with Crippen molar-refractivity contribution >= 4 is 51.8 Å². The Morgan fingerprint density at radius 2 is 1.84 bits per heavy atom. The topological polar surface area (TPSA) is 99.2 Å². The lowest BCUT2D eigenvalue weighted by Crippen LogP contribution is -2.17. The molecule has 0 fully saturated rings. The summed E-state index contributed by atoms with van der Waals surface area (Å²) in [5.74, 6) is -0.625. The summed E-state index contributed by atoms with van der Waals surface area (Å²) < 4.78 is 0. The minimum absolute atomic E-state index is 0.132. The molecule has 7 nitrogen and oxygen atoms in total. The van der Waals surface area contributed by atoms with Gasteiger partial charge >= 0.3 is 5.97 Å². The Hall–Kier alpha value is -3.42. The van der Waals surface area contributed by atoms with Crippen molar-refractivity contribution in [1.82, 2.24) is 15.0 Å². The molecule has 0 aliphatic heterocycles. The number of aromatic nitrogens is 3. The van der Waals surface area contributed by atoms with Crippen LogP contribution in [0.25, 0.3) is 22.2 Å². The number of halogens is 2. The molecular weight excluding hydrogens is 439 g/mol. The first-order chi connectivity index (χ1) is 14.8. The molecule has 0 saturated heterocycles. The van der Waals surface area contributed by atoms with Gasteiger partial charge < -0.3 is 15.0 Å². The predicted octanol–water partition coefficient (Wildman–Crippen LogP) is 4.69. The molecule has 0 bridgehead atoms. The van der Waals surface area contributed by atoms with Crippen molar-refractivity contribution < 1.29 is 9.90 Å². The summed E-state index contributed by atoms with van der Waals surface area (Å²) in [4.78, 5) is 37.2. The van der Waals surface area contributed by atoms with E-state index in [4.69, 9.17) is 28.3 Å². The first-order valence-electron chi connectivity index (χ1n) is 9.23. The number of H-pyrrole nitrogens is 1. The summed E-state index contributed by atoms with van der Waals surface area (Å²) in [6, 6.07) is 13.8. The van der Waals surface area contributed by atoms with Crippen molar-refractivity contribution in [2.24, 2.45) is 0 Å². The third kappa shape index (κ3) is 4.10. The largest absolute Gasteiger partial charge is 0.481 e. The Bertz CT molecular complexity index is 1350. The van der Waals surface area contributed by atoms with Crippen LogP contribution in [0.2, 0.25) is 10.0 Å². The van der Waals surface area contributed by atoms with Crippen molar-refractivity contribution in [3.05, 3.63) is 80.7 Å². The van der Waals surface area contributed by atoms with E-state index >= 15 is 0 Å². The number of anilines is 2. The normalized spacial score (nSPS) is 10.9. The van der Waals surface area contributed by atoms with Gasteiger partial charge in [-0.1, -0.05) is 47.5 Å². The maximum atomic E-state index is 12.8. The molecule has 4 aromatic rings. The van der Waals surface area contributed by atoms with Crippen LogP contribution in [0.4, 0.5) is 11.6 Å². The zero-order valence-electron chi connectivity index (χ0n) is 16.3. The Balaban J connectivity index is 1.78. The Morgan fingerprint density at radius 1 is 1.13 bits per heavy atom. The molecular formula is C22H16Cl2N4O3. The number of hydrogen-bond donors (Lipinski definition) is 2. The van der Waals surface area contributed by atoms with E-state index in [1.807, 2.05) is 0 Å². The van der Waals surface area contributed by atoms with Gasteiger partial charge in [0, 0.05) is 29.9 Å². The molecule has 0 radical (unpaired) electrons. The van der Waals surface area contributed by atoms with Gasteiger partial charge in [0.05, 0.1) is 22.0 Å². The first kappa shape index (κ1) is 20.8. The van der Waals surface area contributed by atoms with Crippen LogP contribution in [0.5, 0.6) is 0 Å². The highest BCUT2D eigenvalue weighted by Gasteiger charge is 2.16. The van der Waals surface area contributed by atoms with Crippen LogP contribution < -0.4 is 10.5 Å². The van der Waals surface area contributed by atoms with Crippen LogP contribution in [0.15, 0.2) is 59.5 Å². The third-order valence-electron chi connectivity index (χ3n) is 4.81. The summed E-state index contributed by atoms with van der Waals surface area (Å²) in [6.45, 7) is 0. The molecule has 2 heterocycles. The second kappa shape index (κ2) is 8.37. The number of aliphatic carboxylic acids is 1.